The number of rotatable bonds is 10. The van der Waals surface area contributed by atoms with Crippen LogP contribution in [0.1, 0.15) is 5.56 Å². The van der Waals surface area contributed by atoms with Crippen molar-refractivity contribution in [3.8, 4) is 0 Å². The third-order valence-electron chi connectivity index (χ3n) is 5.95. The van der Waals surface area contributed by atoms with Crippen molar-refractivity contribution in [2.45, 2.75) is 6.54 Å². The lowest BCUT2D eigenvalue weighted by Crippen LogP contribution is -2.45. The van der Waals surface area contributed by atoms with Gasteiger partial charge in [-0.05, 0) is 18.7 Å². The topological polar surface area (TPSA) is 121 Å². The summed E-state index contributed by atoms with van der Waals surface area (Å²) in [7, 11) is -1.47. The second kappa shape index (κ2) is 11.4. The maximum Gasteiger partial charge on any atom is 0.228 e. The number of nitrogens with one attached hydrogen (secondary N) is 1. The number of hydrogen-bond acceptors (Lipinski definition) is 9. The van der Waals surface area contributed by atoms with Crippen molar-refractivity contribution in [1.29, 1.82) is 0 Å². The molecule has 10 nitrogen and oxygen atoms in total. The molecule has 0 saturated carbocycles. The molecule has 1 aromatic carbocycles. The number of hydrogen-bond donors (Lipinski definition) is 2. The zero-order chi connectivity index (χ0) is 24.8. The van der Waals surface area contributed by atoms with Crippen molar-refractivity contribution in [2.75, 3.05) is 68.8 Å². The summed E-state index contributed by atoms with van der Waals surface area (Å²) in [5, 5.41) is 4.23. The smallest absolute Gasteiger partial charge is 0.228 e. The first-order chi connectivity index (χ1) is 16.9. The molecule has 188 valence electrons. The van der Waals surface area contributed by atoms with Crippen LogP contribution in [0.5, 0.6) is 0 Å². The molecule has 0 spiro atoms. The Morgan fingerprint density at radius 2 is 1.89 bits per heavy atom. The Hall–Kier alpha value is -2.57. The molecule has 0 bridgehead atoms. The number of piperazine rings is 1. The van der Waals surface area contributed by atoms with Gasteiger partial charge in [0.05, 0.1) is 17.5 Å². The van der Waals surface area contributed by atoms with Gasteiger partial charge in [0.2, 0.25) is 16.0 Å². The Morgan fingerprint density at radius 1 is 1.14 bits per heavy atom. The lowest BCUT2D eigenvalue weighted by molar-refractivity contribution is 0.311. The lowest BCUT2D eigenvalue weighted by atomic mass is 10.2. The van der Waals surface area contributed by atoms with Gasteiger partial charge in [0.15, 0.2) is 0 Å². The van der Waals surface area contributed by atoms with Crippen molar-refractivity contribution in [3.63, 3.8) is 0 Å². The van der Waals surface area contributed by atoms with Gasteiger partial charge in [0, 0.05) is 57.7 Å². The fraction of sp³-hybridized carbons (Fsp3) is 0.435. The minimum atomic E-state index is -3.56. The summed E-state index contributed by atoms with van der Waals surface area (Å²) in [4.78, 5) is 17.9. The summed E-state index contributed by atoms with van der Waals surface area (Å²) < 4.78 is 27.7. The minimum Gasteiger partial charge on any atom is -0.368 e. The van der Waals surface area contributed by atoms with Crippen molar-refractivity contribution in [3.05, 3.63) is 53.3 Å². The molecule has 0 atom stereocenters. The van der Waals surface area contributed by atoms with Gasteiger partial charge in [-0.2, -0.15) is 9.29 Å². The van der Waals surface area contributed by atoms with Crippen LogP contribution in [-0.4, -0.2) is 91.2 Å². The number of benzene rings is 1. The van der Waals surface area contributed by atoms with E-state index in [2.05, 4.69) is 32.1 Å². The maximum atomic E-state index is 13.1. The molecule has 1 fully saturated rings. The zero-order valence-corrected chi connectivity index (χ0v) is 21.3. The van der Waals surface area contributed by atoms with E-state index in [4.69, 9.17) is 22.3 Å². The molecule has 0 unspecified atom stereocenters. The number of nitrogens with two attached hydrogens (primary N) is 1. The maximum absolute atomic E-state index is 13.1. The van der Waals surface area contributed by atoms with Gasteiger partial charge in [-0.25, -0.2) is 18.4 Å². The highest BCUT2D eigenvalue weighted by Crippen LogP contribution is 2.25. The monoisotopic (exact) mass is 518 g/mol. The van der Waals surface area contributed by atoms with E-state index >= 15 is 0 Å². The van der Waals surface area contributed by atoms with E-state index in [-0.39, 0.29) is 31.9 Å². The molecule has 1 aliphatic rings. The van der Waals surface area contributed by atoms with E-state index in [1.165, 1.54) is 4.31 Å². The van der Waals surface area contributed by atoms with E-state index in [0.717, 1.165) is 31.7 Å². The number of likely N-dealkylation sites (N-methyl/N-ethyl adjacent to an activating group) is 1. The molecule has 3 N–H and O–H groups in total. The average Bonchev–Trinajstić information content (AvgIpc) is 2.85. The number of sulfonamides is 1. The Kier molecular flexibility index (Phi) is 8.34. The Bertz CT molecular complexity index is 1240. The fourth-order valence-corrected chi connectivity index (χ4v) is 5.46. The van der Waals surface area contributed by atoms with Gasteiger partial charge in [0.25, 0.3) is 0 Å². The van der Waals surface area contributed by atoms with Gasteiger partial charge >= 0.3 is 0 Å². The summed E-state index contributed by atoms with van der Waals surface area (Å²) in [5.41, 5.74) is 7.27. The number of halogens is 1. The van der Waals surface area contributed by atoms with Crippen molar-refractivity contribution in [1.82, 2.24) is 24.2 Å². The Labute approximate surface area is 211 Å². The van der Waals surface area contributed by atoms with E-state index in [1.54, 1.807) is 12.3 Å². The first-order valence-corrected chi connectivity index (χ1v) is 13.6. The summed E-state index contributed by atoms with van der Waals surface area (Å²) >= 11 is 6.13. The van der Waals surface area contributed by atoms with Crippen molar-refractivity contribution < 1.29 is 8.42 Å². The Morgan fingerprint density at radius 3 is 2.60 bits per heavy atom. The molecular weight excluding hydrogens is 488 g/mol. The Balaban J connectivity index is 1.51. The third kappa shape index (κ3) is 6.56. The highest BCUT2D eigenvalue weighted by molar-refractivity contribution is 7.89. The van der Waals surface area contributed by atoms with Gasteiger partial charge in [-0.15, -0.1) is 0 Å². The molecule has 2 aromatic heterocycles. The highest BCUT2D eigenvalue weighted by atomic mass is 35.5. The van der Waals surface area contributed by atoms with E-state index in [0.29, 0.717) is 27.8 Å². The predicted molar refractivity (Wildman–Crippen MR) is 140 cm³/mol. The second-order valence-corrected chi connectivity index (χ2v) is 11.0. The number of anilines is 2. The number of nitrogens with zero attached hydrogens (tertiary/aromatic N) is 6. The van der Waals surface area contributed by atoms with Gasteiger partial charge in [-0.1, -0.05) is 41.9 Å². The largest absolute Gasteiger partial charge is 0.368 e. The summed E-state index contributed by atoms with van der Waals surface area (Å²) in [5.74, 6) is 1.03. The summed E-state index contributed by atoms with van der Waals surface area (Å²) in [6.45, 7) is 4.41. The number of fused-ring (bicyclic) bond motifs is 1. The summed E-state index contributed by atoms with van der Waals surface area (Å²) in [6.07, 6.45) is 1.61. The third-order valence-corrected chi connectivity index (χ3v) is 7.97. The van der Waals surface area contributed by atoms with Crippen LogP contribution >= 0.6 is 11.6 Å². The summed E-state index contributed by atoms with van der Waals surface area (Å²) in [6, 6.07) is 11.2. The predicted octanol–water partition coefficient (Wildman–Crippen LogP) is 1.63. The second-order valence-electron chi connectivity index (χ2n) is 8.54. The van der Waals surface area contributed by atoms with Crippen LogP contribution in [0, 0.1) is 0 Å². The van der Waals surface area contributed by atoms with Crippen LogP contribution < -0.4 is 16.0 Å². The molecule has 12 heteroatoms. The first-order valence-electron chi connectivity index (χ1n) is 11.6. The molecule has 3 aromatic rings. The van der Waals surface area contributed by atoms with Crippen molar-refractivity contribution >= 4 is 44.3 Å². The molecule has 1 aliphatic heterocycles. The van der Waals surface area contributed by atoms with Crippen LogP contribution in [0.2, 0.25) is 5.15 Å². The van der Waals surface area contributed by atoms with E-state index in [9.17, 15) is 8.42 Å². The van der Waals surface area contributed by atoms with E-state index < -0.39 is 10.0 Å². The SMILES string of the molecule is CN1CCN(c2nc(NCCS(=O)(=O)N(CCN)Cc3ccccc3)c3cc(Cl)ncc3n2)CC1. The quantitative estimate of drug-likeness (QED) is 0.386. The first kappa shape index (κ1) is 25.5. The molecular formula is C23H31ClN8O2S. The standard InChI is InChI=1S/C23H31ClN8O2S/c1-30-10-12-31(13-11-30)23-28-20-16-27-21(24)15-19(20)22(29-23)26-8-14-35(33,34)32(9-7-25)17-18-5-3-2-4-6-18/h2-6,15-16H,7-14,17,25H2,1H3,(H,26,28,29). The number of aromatic nitrogens is 3. The average molecular weight is 519 g/mol. The zero-order valence-electron chi connectivity index (χ0n) is 19.8. The fourth-order valence-electron chi connectivity index (χ4n) is 3.95. The van der Waals surface area contributed by atoms with Gasteiger partial charge in [0.1, 0.15) is 11.0 Å². The van der Waals surface area contributed by atoms with Gasteiger partial charge < -0.3 is 20.9 Å². The van der Waals surface area contributed by atoms with Crippen LogP contribution in [0.15, 0.2) is 42.6 Å². The molecule has 35 heavy (non-hydrogen) atoms. The molecule has 0 aliphatic carbocycles. The minimum absolute atomic E-state index is 0.103. The molecule has 0 amide bonds. The molecule has 1 saturated heterocycles. The normalized spacial score (nSPS) is 15.1. The van der Waals surface area contributed by atoms with Gasteiger partial charge in [-0.3, -0.25) is 0 Å². The van der Waals surface area contributed by atoms with Crippen LogP contribution in [0.25, 0.3) is 10.9 Å². The highest BCUT2D eigenvalue weighted by Gasteiger charge is 2.23. The lowest BCUT2D eigenvalue weighted by Gasteiger charge is -2.32. The van der Waals surface area contributed by atoms with Crippen LogP contribution in [0.3, 0.4) is 0 Å². The van der Waals surface area contributed by atoms with E-state index in [1.807, 2.05) is 30.3 Å². The van der Waals surface area contributed by atoms with Crippen LogP contribution in [0.4, 0.5) is 11.8 Å². The number of pyridine rings is 1. The molecule has 0 radical (unpaired) electrons. The molecule has 4 rings (SSSR count). The molecule has 3 heterocycles. The van der Waals surface area contributed by atoms with Crippen LogP contribution in [-0.2, 0) is 16.6 Å². The van der Waals surface area contributed by atoms with Crippen molar-refractivity contribution in [2.24, 2.45) is 5.73 Å².